The minimum Gasteiger partial charge on any atom is -0.320 e. The van der Waals surface area contributed by atoms with Gasteiger partial charge in [-0.15, -0.1) is 22.8 Å². The van der Waals surface area contributed by atoms with Crippen molar-refractivity contribution in [1.82, 2.24) is 15.2 Å². The molecule has 4 rings (SSSR count). The zero-order valence-corrected chi connectivity index (χ0v) is 11.8. The van der Waals surface area contributed by atoms with Gasteiger partial charge in [-0.25, -0.2) is 0 Å². The van der Waals surface area contributed by atoms with E-state index < -0.39 is 0 Å². The van der Waals surface area contributed by atoms with E-state index in [1.54, 1.807) is 22.3 Å². The van der Waals surface area contributed by atoms with Gasteiger partial charge in [-0.05, 0) is 66.3 Å². The van der Waals surface area contributed by atoms with Gasteiger partial charge in [-0.1, -0.05) is 6.07 Å². The van der Waals surface area contributed by atoms with Crippen LogP contribution in [0.3, 0.4) is 0 Å². The molecule has 0 saturated heterocycles. The fourth-order valence-electron chi connectivity index (χ4n) is 3.68. The number of thiol groups is 1. The quantitative estimate of drug-likeness (QED) is 0.825. The molecular formula is C15H17N3S. The summed E-state index contributed by atoms with van der Waals surface area (Å²) in [6, 6.07) is 2.47. The summed E-state index contributed by atoms with van der Waals surface area (Å²) in [4.78, 5) is 3.15. The Morgan fingerprint density at radius 3 is 2.26 bits per heavy atom. The SMILES string of the molecule is Sc1nnc(Cc2c3c(cc4c2CCC4)CCC3)[nH]1. The molecule has 0 radical (unpaired) electrons. The van der Waals surface area contributed by atoms with Crippen molar-refractivity contribution in [2.75, 3.05) is 0 Å². The lowest BCUT2D eigenvalue weighted by atomic mass is 9.92. The molecule has 0 saturated carbocycles. The van der Waals surface area contributed by atoms with Gasteiger partial charge in [-0.2, -0.15) is 0 Å². The number of hydrogen-bond donors (Lipinski definition) is 2. The van der Waals surface area contributed by atoms with Gasteiger partial charge in [0.15, 0.2) is 5.16 Å². The molecule has 0 amide bonds. The Kier molecular flexibility index (Phi) is 2.65. The van der Waals surface area contributed by atoms with Crippen LogP contribution in [0.25, 0.3) is 0 Å². The van der Waals surface area contributed by atoms with Gasteiger partial charge in [0.1, 0.15) is 5.82 Å². The van der Waals surface area contributed by atoms with Gasteiger partial charge < -0.3 is 4.98 Å². The molecule has 1 heterocycles. The van der Waals surface area contributed by atoms with Gasteiger partial charge in [0, 0.05) is 6.42 Å². The lowest BCUT2D eigenvalue weighted by Gasteiger charge is -2.13. The first-order chi connectivity index (χ1) is 9.31. The van der Waals surface area contributed by atoms with Gasteiger partial charge >= 0.3 is 0 Å². The first kappa shape index (κ1) is 11.5. The van der Waals surface area contributed by atoms with Crippen LogP contribution in [0.5, 0.6) is 0 Å². The Labute approximate surface area is 118 Å². The molecule has 0 aliphatic heterocycles. The van der Waals surface area contributed by atoms with Crippen LogP contribution in [0.2, 0.25) is 0 Å². The molecule has 0 fully saturated rings. The lowest BCUT2D eigenvalue weighted by molar-refractivity contribution is 0.879. The molecule has 4 heteroatoms. The summed E-state index contributed by atoms with van der Waals surface area (Å²) < 4.78 is 0. The number of rotatable bonds is 2. The molecular weight excluding hydrogens is 254 g/mol. The highest BCUT2D eigenvalue weighted by atomic mass is 32.1. The summed E-state index contributed by atoms with van der Waals surface area (Å²) in [5.74, 6) is 0.944. The summed E-state index contributed by atoms with van der Waals surface area (Å²) in [5.41, 5.74) is 7.89. The molecule has 0 atom stereocenters. The van der Waals surface area contributed by atoms with Crippen molar-refractivity contribution in [2.45, 2.75) is 50.1 Å². The second kappa shape index (κ2) is 4.37. The Morgan fingerprint density at radius 1 is 1.00 bits per heavy atom. The van der Waals surface area contributed by atoms with Crippen molar-refractivity contribution < 1.29 is 0 Å². The largest absolute Gasteiger partial charge is 0.320 e. The van der Waals surface area contributed by atoms with Crippen LogP contribution in [0.15, 0.2) is 11.2 Å². The first-order valence-corrected chi connectivity index (χ1v) is 7.52. The number of nitrogens with zero attached hydrogens (tertiary/aromatic N) is 2. The molecule has 1 N–H and O–H groups in total. The number of H-pyrrole nitrogens is 1. The third kappa shape index (κ3) is 1.89. The van der Waals surface area contributed by atoms with Crippen LogP contribution in [0.1, 0.15) is 46.5 Å². The normalized spacial score (nSPS) is 16.7. The van der Waals surface area contributed by atoms with E-state index in [9.17, 15) is 0 Å². The summed E-state index contributed by atoms with van der Waals surface area (Å²) in [7, 11) is 0. The Bertz CT molecular complexity index is 613. The molecule has 3 nitrogen and oxygen atoms in total. The zero-order valence-electron chi connectivity index (χ0n) is 10.9. The molecule has 19 heavy (non-hydrogen) atoms. The molecule has 0 bridgehead atoms. The average molecular weight is 271 g/mol. The van der Waals surface area contributed by atoms with E-state index in [2.05, 4.69) is 33.9 Å². The van der Waals surface area contributed by atoms with Gasteiger partial charge in [0.2, 0.25) is 0 Å². The zero-order chi connectivity index (χ0) is 12.8. The number of aromatic amines is 1. The van der Waals surface area contributed by atoms with Crippen molar-refractivity contribution in [2.24, 2.45) is 0 Å². The van der Waals surface area contributed by atoms with Crippen molar-refractivity contribution in [3.8, 4) is 0 Å². The highest BCUT2D eigenvalue weighted by Gasteiger charge is 2.24. The molecule has 98 valence electrons. The molecule has 0 spiro atoms. The van der Waals surface area contributed by atoms with Crippen LogP contribution in [-0.2, 0) is 32.1 Å². The van der Waals surface area contributed by atoms with E-state index in [4.69, 9.17) is 0 Å². The summed E-state index contributed by atoms with van der Waals surface area (Å²) in [6.45, 7) is 0. The minimum atomic E-state index is 0.610. The van der Waals surface area contributed by atoms with Crippen LogP contribution < -0.4 is 0 Å². The maximum atomic E-state index is 4.21. The standard InChI is InChI=1S/C15H17N3S/c19-15-16-14(17-18-15)8-13-11-5-1-3-9(11)7-10-4-2-6-12(10)13/h7H,1-6,8H2,(H2,16,17,18,19). The van der Waals surface area contributed by atoms with Crippen LogP contribution in [0, 0.1) is 0 Å². The van der Waals surface area contributed by atoms with Crippen molar-refractivity contribution in [3.63, 3.8) is 0 Å². The maximum Gasteiger partial charge on any atom is 0.185 e. The minimum absolute atomic E-state index is 0.610. The number of fused-ring (bicyclic) bond motifs is 2. The summed E-state index contributed by atoms with van der Waals surface area (Å²) in [6.07, 6.45) is 8.48. The van der Waals surface area contributed by atoms with E-state index >= 15 is 0 Å². The second-order valence-corrected chi connectivity index (χ2v) is 6.03. The van der Waals surface area contributed by atoms with Crippen LogP contribution in [-0.4, -0.2) is 15.2 Å². The van der Waals surface area contributed by atoms with Crippen LogP contribution >= 0.6 is 12.6 Å². The number of aromatic nitrogens is 3. The number of benzene rings is 1. The van der Waals surface area contributed by atoms with Crippen molar-refractivity contribution in [3.05, 3.63) is 39.7 Å². The topological polar surface area (TPSA) is 41.6 Å². The molecule has 2 aliphatic rings. The monoisotopic (exact) mass is 271 g/mol. The van der Waals surface area contributed by atoms with Crippen molar-refractivity contribution >= 4 is 12.6 Å². The molecule has 1 aromatic carbocycles. The van der Waals surface area contributed by atoms with Gasteiger partial charge in [-0.3, -0.25) is 0 Å². The maximum absolute atomic E-state index is 4.21. The Morgan fingerprint density at radius 2 is 1.68 bits per heavy atom. The number of nitrogens with one attached hydrogen (secondary N) is 1. The van der Waals surface area contributed by atoms with Crippen molar-refractivity contribution in [1.29, 1.82) is 0 Å². The average Bonchev–Trinajstić information content (AvgIpc) is 3.08. The van der Waals surface area contributed by atoms with E-state index in [-0.39, 0.29) is 0 Å². The third-order valence-corrected chi connectivity index (χ3v) is 4.67. The fourth-order valence-corrected chi connectivity index (χ4v) is 3.86. The first-order valence-electron chi connectivity index (χ1n) is 7.07. The predicted octanol–water partition coefficient (Wildman–Crippen LogP) is 2.66. The number of hydrogen-bond acceptors (Lipinski definition) is 3. The Balaban J connectivity index is 1.82. The van der Waals surface area contributed by atoms with E-state index in [0.717, 1.165) is 12.2 Å². The van der Waals surface area contributed by atoms with E-state index in [0.29, 0.717) is 5.16 Å². The molecule has 0 unspecified atom stereocenters. The van der Waals surface area contributed by atoms with Crippen LogP contribution in [0.4, 0.5) is 0 Å². The fraction of sp³-hybridized carbons (Fsp3) is 0.467. The summed E-state index contributed by atoms with van der Waals surface area (Å²) in [5, 5.41) is 8.75. The predicted molar refractivity (Wildman–Crippen MR) is 76.9 cm³/mol. The summed E-state index contributed by atoms with van der Waals surface area (Å²) >= 11 is 4.21. The smallest absolute Gasteiger partial charge is 0.185 e. The second-order valence-electron chi connectivity index (χ2n) is 5.61. The highest BCUT2D eigenvalue weighted by molar-refractivity contribution is 7.80. The molecule has 2 aliphatic carbocycles. The van der Waals surface area contributed by atoms with Gasteiger partial charge in [0.25, 0.3) is 0 Å². The van der Waals surface area contributed by atoms with E-state index in [1.165, 1.54) is 44.1 Å². The van der Waals surface area contributed by atoms with Gasteiger partial charge in [0.05, 0.1) is 0 Å². The lowest BCUT2D eigenvalue weighted by Crippen LogP contribution is -2.03. The third-order valence-electron chi connectivity index (χ3n) is 4.46. The highest BCUT2D eigenvalue weighted by Crippen LogP contribution is 2.35. The molecule has 2 aromatic rings. The molecule has 1 aromatic heterocycles. The number of aryl methyl sites for hydroxylation is 2. The Hall–Kier alpha value is -1.29. The van der Waals surface area contributed by atoms with E-state index in [1.807, 2.05) is 0 Å².